The Morgan fingerprint density at radius 1 is 0.974 bits per heavy atom. The number of carbonyl (C=O) groups is 1. The summed E-state index contributed by atoms with van der Waals surface area (Å²) in [7, 11) is 4.71. The van der Waals surface area contributed by atoms with Crippen molar-refractivity contribution in [2.45, 2.75) is 13.0 Å². The second-order valence-electron chi connectivity index (χ2n) is 8.51. The van der Waals surface area contributed by atoms with E-state index < -0.39 is 6.04 Å². The summed E-state index contributed by atoms with van der Waals surface area (Å²) in [6.07, 6.45) is 0. The maximum atomic E-state index is 13.9. The number of para-hydroxylation sites is 2. The minimum absolute atomic E-state index is 0.331. The number of ether oxygens (including phenoxy) is 3. The molecular formula is C28H26ClN5O4. The molecule has 9 nitrogen and oxygen atoms in total. The van der Waals surface area contributed by atoms with E-state index in [0.717, 1.165) is 0 Å². The molecule has 0 saturated carbocycles. The summed E-state index contributed by atoms with van der Waals surface area (Å²) in [5.41, 5.74) is 2.97. The summed E-state index contributed by atoms with van der Waals surface area (Å²) in [5.74, 6) is 2.26. The smallest absolute Gasteiger partial charge is 0.255 e. The Balaban J connectivity index is 1.66. The van der Waals surface area contributed by atoms with Gasteiger partial charge in [0.25, 0.3) is 5.91 Å². The molecular weight excluding hydrogens is 506 g/mol. The van der Waals surface area contributed by atoms with E-state index in [-0.39, 0.29) is 5.91 Å². The molecule has 4 aromatic rings. The molecule has 194 valence electrons. The molecule has 0 bridgehead atoms. The van der Waals surface area contributed by atoms with Crippen molar-refractivity contribution in [2.75, 3.05) is 32.0 Å². The van der Waals surface area contributed by atoms with Gasteiger partial charge in [-0.2, -0.15) is 4.98 Å². The van der Waals surface area contributed by atoms with Crippen LogP contribution in [0.25, 0.3) is 11.4 Å². The van der Waals surface area contributed by atoms with Gasteiger partial charge in [0.1, 0.15) is 23.3 Å². The van der Waals surface area contributed by atoms with Crippen LogP contribution in [0.3, 0.4) is 0 Å². The van der Waals surface area contributed by atoms with Crippen molar-refractivity contribution in [1.29, 1.82) is 0 Å². The summed E-state index contributed by atoms with van der Waals surface area (Å²) < 4.78 is 18.2. The van der Waals surface area contributed by atoms with Gasteiger partial charge in [0.2, 0.25) is 5.95 Å². The Hall–Kier alpha value is -4.50. The van der Waals surface area contributed by atoms with Crippen LogP contribution in [0.5, 0.6) is 17.2 Å². The minimum Gasteiger partial charge on any atom is -0.497 e. The molecule has 0 aliphatic carbocycles. The fraction of sp³-hybridized carbons (Fsp3) is 0.179. The number of methoxy groups -OCH3 is 3. The number of nitrogens with one attached hydrogen (secondary N) is 2. The molecule has 1 unspecified atom stereocenters. The van der Waals surface area contributed by atoms with E-state index in [0.29, 0.717) is 62.1 Å². The highest BCUT2D eigenvalue weighted by Gasteiger charge is 2.36. The molecule has 10 heteroatoms. The zero-order valence-corrected chi connectivity index (χ0v) is 22.0. The minimum atomic E-state index is -0.675. The molecule has 1 aliphatic heterocycles. The SMILES string of the molecule is COc1ccc(C2C(C(=O)Nc3ccccc3OC)=C(C)Nc3nc(-c4ccccc4Cl)nn32)c(OC)c1. The first kappa shape index (κ1) is 25.2. The second kappa shape index (κ2) is 10.5. The first-order valence-corrected chi connectivity index (χ1v) is 12.2. The number of anilines is 2. The van der Waals surface area contributed by atoms with Gasteiger partial charge in [0.15, 0.2) is 5.82 Å². The lowest BCUT2D eigenvalue weighted by Gasteiger charge is -2.29. The Morgan fingerprint density at radius 2 is 1.71 bits per heavy atom. The Morgan fingerprint density at radius 3 is 2.45 bits per heavy atom. The monoisotopic (exact) mass is 531 g/mol. The summed E-state index contributed by atoms with van der Waals surface area (Å²) in [4.78, 5) is 18.6. The Bertz CT molecular complexity index is 1550. The van der Waals surface area contributed by atoms with Crippen LogP contribution >= 0.6 is 11.6 Å². The zero-order chi connectivity index (χ0) is 26.8. The summed E-state index contributed by atoms with van der Waals surface area (Å²) in [6, 6.07) is 19.3. The van der Waals surface area contributed by atoms with E-state index in [1.165, 1.54) is 0 Å². The van der Waals surface area contributed by atoms with E-state index in [9.17, 15) is 4.79 Å². The van der Waals surface area contributed by atoms with Crippen LogP contribution in [-0.2, 0) is 4.79 Å². The van der Waals surface area contributed by atoms with Gasteiger partial charge >= 0.3 is 0 Å². The van der Waals surface area contributed by atoms with Gasteiger partial charge in [-0.15, -0.1) is 5.10 Å². The van der Waals surface area contributed by atoms with Crippen molar-refractivity contribution in [3.63, 3.8) is 0 Å². The number of fused-ring (bicyclic) bond motifs is 1. The standard InChI is InChI=1S/C28H26ClN5O4/c1-16-24(27(35)31-21-11-7-8-12-22(21)37-3)25(19-14-13-17(36-2)15-23(19)38-4)34-28(30-16)32-26(33-34)18-9-5-6-10-20(18)29/h5-15,25H,1-4H3,(H,31,35)(H,30,32,33). The Kier molecular flexibility index (Phi) is 6.93. The van der Waals surface area contributed by atoms with Crippen LogP contribution in [0, 0.1) is 0 Å². The van der Waals surface area contributed by atoms with E-state index in [2.05, 4.69) is 10.6 Å². The highest BCUT2D eigenvalue weighted by molar-refractivity contribution is 6.33. The van der Waals surface area contributed by atoms with Crippen molar-refractivity contribution in [1.82, 2.24) is 14.8 Å². The largest absolute Gasteiger partial charge is 0.497 e. The number of aromatic nitrogens is 3. The molecule has 1 aliphatic rings. The molecule has 0 saturated heterocycles. The van der Waals surface area contributed by atoms with Gasteiger partial charge in [-0.25, -0.2) is 4.68 Å². The van der Waals surface area contributed by atoms with Crippen LogP contribution in [0.2, 0.25) is 5.02 Å². The highest BCUT2D eigenvalue weighted by Crippen LogP contribution is 2.42. The fourth-order valence-electron chi connectivity index (χ4n) is 4.47. The molecule has 5 rings (SSSR count). The fourth-order valence-corrected chi connectivity index (χ4v) is 4.69. The van der Waals surface area contributed by atoms with Gasteiger partial charge in [0.05, 0.1) is 37.6 Å². The second-order valence-corrected chi connectivity index (χ2v) is 8.92. The van der Waals surface area contributed by atoms with Crippen molar-refractivity contribution < 1.29 is 19.0 Å². The molecule has 2 heterocycles. The first-order valence-electron chi connectivity index (χ1n) is 11.8. The number of carbonyl (C=O) groups excluding carboxylic acids is 1. The van der Waals surface area contributed by atoms with E-state index >= 15 is 0 Å². The first-order chi connectivity index (χ1) is 18.4. The molecule has 38 heavy (non-hydrogen) atoms. The van der Waals surface area contributed by atoms with Crippen LogP contribution in [0.15, 0.2) is 78.0 Å². The van der Waals surface area contributed by atoms with Crippen molar-refractivity contribution in [3.8, 4) is 28.6 Å². The number of benzene rings is 3. The molecule has 0 radical (unpaired) electrons. The highest BCUT2D eigenvalue weighted by atomic mass is 35.5. The summed E-state index contributed by atoms with van der Waals surface area (Å²) >= 11 is 6.45. The number of rotatable bonds is 7. The van der Waals surface area contributed by atoms with Gasteiger partial charge < -0.3 is 24.8 Å². The van der Waals surface area contributed by atoms with Crippen molar-refractivity contribution >= 4 is 29.1 Å². The molecule has 1 aromatic heterocycles. The predicted molar refractivity (Wildman–Crippen MR) is 146 cm³/mol. The number of allylic oxidation sites excluding steroid dienone is 1. The lowest BCUT2D eigenvalue weighted by Crippen LogP contribution is -2.31. The van der Waals surface area contributed by atoms with E-state index in [1.807, 2.05) is 49.4 Å². The molecule has 3 aromatic carbocycles. The molecule has 0 fully saturated rings. The number of nitrogens with zero attached hydrogens (tertiary/aromatic N) is 3. The van der Waals surface area contributed by atoms with E-state index in [1.54, 1.807) is 50.3 Å². The van der Waals surface area contributed by atoms with Gasteiger partial charge in [-0.1, -0.05) is 35.9 Å². The number of halogens is 1. The molecule has 1 amide bonds. The Labute approximate surface area is 225 Å². The summed E-state index contributed by atoms with van der Waals surface area (Å²) in [5, 5.41) is 11.6. The van der Waals surface area contributed by atoms with Crippen LogP contribution < -0.4 is 24.8 Å². The topological polar surface area (TPSA) is 99.5 Å². The normalized spacial score (nSPS) is 14.4. The third-order valence-electron chi connectivity index (χ3n) is 6.30. The number of hydrogen-bond donors (Lipinski definition) is 2. The summed E-state index contributed by atoms with van der Waals surface area (Å²) in [6.45, 7) is 1.83. The quantitative estimate of drug-likeness (QED) is 0.322. The van der Waals surface area contributed by atoms with Crippen LogP contribution in [0.4, 0.5) is 11.6 Å². The molecule has 2 N–H and O–H groups in total. The van der Waals surface area contributed by atoms with Crippen molar-refractivity contribution in [3.05, 3.63) is 88.6 Å². The van der Waals surface area contributed by atoms with Crippen LogP contribution in [0.1, 0.15) is 18.5 Å². The average molecular weight is 532 g/mol. The van der Waals surface area contributed by atoms with Crippen molar-refractivity contribution in [2.24, 2.45) is 0 Å². The van der Waals surface area contributed by atoms with Gasteiger partial charge in [-0.05, 0) is 43.3 Å². The van der Waals surface area contributed by atoms with Crippen LogP contribution in [-0.4, -0.2) is 42.0 Å². The maximum absolute atomic E-state index is 13.9. The van der Waals surface area contributed by atoms with E-state index in [4.69, 9.17) is 35.9 Å². The zero-order valence-electron chi connectivity index (χ0n) is 21.3. The maximum Gasteiger partial charge on any atom is 0.255 e. The number of amides is 1. The third-order valence-corrected chi connectivity index (χ3v) is 6.63. The third kappa shape index (κ3) is 4.52. The molecule has 1 atom stereocenters. The van der Waals surface area contributed by atoms with Gasteiger partial charge in [0, 0.05) is 22.9 Å². The average Bonchev–Trinajstić information content (AvgIpc) is 3.35. The predicted octanol–water partition coefficient (Wildman–Crippen LogP) is 5.55. The molecule has 0 spiro atoms. The van der Waals surface area contributed by atoms with Gasteiger partial charge in [-0.3, -0.25) is 4.79 Å². The lowest BCUT2D eigenvalue weighted by atomic mass is 9.94. The lowest BCUT2D eigenvalue weighted by molar-refractivity contribution is -0.113. The number of hydrogen-bond acceptors (Lipinski definition) is 7.